The van der Waals surface area contributed by atoms with Crippen molar-refractivity contribution in [2.45, 2.75) is 118 Å². The van der Waals surface area contributed by atoms with E-state index in [1.165, 1.54) is 22.3 Å². The highest BCUT2D eigenvalue weighted by molar-refractivity contribution is 7.00. The minimum absolute atomic E-state index is 0.0955. The van der Waals surface area contributed by atoms with E-state index in [9.17, 15) is 0 Å². The van der Waals surface area contributed by atoms with Crippen molar-refractivity contribution in [3.63, 3.8) is 0 Å². The first-order chi connectivity index (χ1) is 59.8. The van der Waals surface area contributed by atoms with Crippen LogP contribution >= 0.6 is 0 Å². The van der Waals surface area contributed by atoms with Crippen molar-refractivity contribution < 1.29 is 19.1 Å². The predicted molar refractivity (Wildman–Crippen MR) is 508 cm³/mol. The van der Waals surface area contributed by atoms with Gasteiger partial charge >= 0.3 is 11.9 Å². The molecule has 2 aliphatic rings. The van der Waals surface area contributed by atoms with Gasteiger partial charge in [-0.1, -0.05) is 314 Å². The molecule has 0 N–H and O–H groups in total. The fourth-order valence-corrected chi connectivity index (χ4v) is 17.3. The van der Waals surface area contributed by atoms with E-state index in [2.05, 4.69) is 249 Å². The summed E-state index contributed by atoms with van der Waals surface area (Å²) in [6.07, 6.45) is 0. The Morgan fingerprint density at radius 2 is 0.677 bits per heavy atom. The molecule has 606 valence electrons. The second-order valence-electron chi connectivity index (χ2n) is 36.8. The molecular formula is C111H95BN8O4. The molecule has 0 spiro atoms. The maximum atomic E-state index is 15.0. The Kier molecular flexibility index (Phi) is 20.2. The second-order valence-corrected chi connectivity index (χ2v) is 36.8. The number of hydrogen-bond donors (Lipinski definition) is 0. The topological polar surface area (TPSA) is 128 Å². The van der Waals surface area contributed by atoms with Crippen LogP contribution in [0, 0.1) is 0 Å². The second kappa shape index (κ2) is 31.5. The summed E-state index contributed by atoms with van der Waals surface area (Å²) in [7, 11) is 0. The molecule has 0 radical (unpaired) electrons. The molecule has 19 rings (SSSR count). The number of fused-ring (bicyclic) bond motifs is 7. The Morgan fingerprint density at radius 3 is 1.12 bits per heavy atom. The first-order valence-electron chi connectivity index (χ1n) is 42.7. The van der Waals surface area contributed by atoms with Gasteiger partial charge in [-0.2, -0.15) is 0 Å². The summed E-state index contributed by atoms with van der Waals surface area (Å²) in [5.74, 6) is 1.17. The summed E-state index contributed by atoms with van der Waals surface area (Å²) in [6.45, 7) is 27.0. The van der Waals surface area contributed by atoms with Gasteiger partial charge in [0.1, 0.15) is 13.2 Å². The highest BCUT2D eigenvalue weighted by Crippen LogP contribution is 2.51. The van der Waals surface area contributed by atoms with Crippen molar-refractivity contribution in [3.05, 3.63) is 378 Å². The van der Waals surface area contributed by atoms with Crippen molar-refractivity contribution in [1.82, 2.24) is 29.5 Å². The van der Waals surface area contributed by atoms with Gasteiger partial charge in [-0.3, -0.25) is 0 Å². The van der Waals surface area contributed by atoms with E-state index in [1.54, 1.807) is 0 Å². The average molecular weight is 1620 g/mol. The number of aromatic nitrogens is 6. The van der Waals surface area contributed by atoms with Crippen molar-refractivity contribution in [3.8, 4) is 84.9 Å². The van der Waals surface area contributed by atoms with Crippen molar-refractivity contribution in [2.24, 2.45) is 0 Å². The molecule has 0 fully saturated rings. The molecule has 0 atom stereocenters. The van der Waals surface area contributed by atoms with Gasteiger partial charge in [0.05, 0.1) is 39.2 Å². The number of benzene rings is 14. The van der Waals surface area contributed by atoms with Crippen LogP contribution in [0.2, 0.25) is 0 Å². The minimum atomic E-state index is -0.565. The third-order valence-corrected chi connectivity index (χ3v) is 24.1. The van der Waals surface area contributed by atoms with Gasteiger partial charge < -0.3 is 23.8 Å². The quantitative estimate of drug-likeness (QED) is 0.0677. The molecule has 17 aromatic rings. The Morgan fingerprint density at radius 1 is 0.298 bits per heavy atom. The van der Waals surface area contributed by atoms with Crippen LogP contribution in [0.1, 0.15) is 137 Å². The Balaban J connectivity index is 0.874. The number of ether oxygens (including phenoxy) is 2. The molecule has 2 aliphatic heterocycles. The molecule has 13 heteroatoms. The van der Waals surface area contributed by atoms with Crippen LogP contribution in [-0.4, -0.2) is 48.1 Å². The SMILES string of the molecule is CC(C)(C)c1cc(N2c3ccc(C(=O)OCc4ccccc4)cc3B3c4cc(C(=O)OCc5ccccc5)ccc4N(c4cc(C(C)(C)C)cc(C(C)(C)C)c4)c4cc(-c5ccc6c(c5)c5ccccc5n6-c5ccc(-c6nc(-c7ccccc7)cc(-c7ccccc7)n6)cc5-c5nc(-c6ccccc6)nc(-c6ccccc6)n5)cc2c43)cc(C(C)(C)C)c1. The number of carbonyl (C=O) groups excluding carboxylic acids is 2. The molecule has 0 saturated carbocycles. The zero-order valence-electron chi connectivity index (χ0n) is 72.0. The highest BCUT2D eigenvalue weighted by atomic mass is 16.5. The summed E-state index contributed by atoms with van der Waals surface area (Å²) < 4.78 is 14.9. The first kappa shape index (κ1) is 79.4. The highest BCUT2D eigenvalue weighted by Gasteiger charge is 2.46. The molecule has 0 unspecified atom stereocenters. The van der Waals surface area contributed by atoms with Crippen molar-refractivity contribution in [2.75, 3.05) is 9.80 Å². The number of para-hydroxylation sites is 1. The van der Waals surface area contributed by atoms with Crippen LogP contribution < -0.4 is 26.2 Å². The Labute approximate surface area is 725 Å². The summed E-state index contributed by atoms with van der Waals surface area (Å²) in [4.78, 5) is 62.0. The Bertz CT molecular complexity index is 6620. The number of rotatable bonds is 16. The molecule has 0 bridgehead atoms. The molecular weight excluding hydrogens is 1520 g/mol. The van der Waals surface area contributed by atoms with Crippen LogP contribution in [-0.2, 0) is 44.3 Å². The zero-order valence-corrected chi connectivity index (χ0v) is 72.0. The summed E-state index contributed by atoms with van der Waals surface area (Å²) in [5.41, 5.74) is 25.9. The standard InChI is InChI=1S/C111H95BN8O4/c1-108(2,3)81-61-82(109(4,5)6)64-85(63-81)118-97-53-49-78(106(121)123-68-70-33-19-13-20-34-70)57-90(97)112-91-58-79(107(122)124-69-71-35-21-14-22-36-71)50-54-98(91)119(86-65-83(110(7,8)9)62-84(66-86)111(10,11)12)100-60-80(59-99(118)101(100)112)76-47-51-95-88(55-76)87-45-31-32-46-94(87)120(95)96-52-48-77(104-113-92(72-37-23-15-24-38-72)67-93(114-104)73-39-25-16-26-40-73)56-89(96)105-116-102(74-41-27-17-28-42-74)115-103(117-105)75-43-29-18-30-44-75/h13-67H,68-69H2,1-12H3. The molecule has 0 amide bonds. The van der Waals surface area contributed by atoms with E-state index in [0.29, 0.717) is 34.4 Å². The van der Waals surface area contributed by atoms with Crippen LogP contribution in [0.25, 0.3) is 107 Å². The maximum Gasteiger partial charge on any atom is 0.338 e. The van der Waals surface area contributed by atoms with E-state index in [0.717, 1.165) is 145 Å². The number of hydrogen-bond acceptors (Lipinski definition) is 11. The van der Waals surface area contributed by atoms with Gasteiger partial charge in [0.2, 0.25) is 0 Å². The average Bonchev–Trinajstić information content (AvgIpc) is 0.770. The maximum absolute atomic E-state index is 15.0. The van der Waals surface area contributed by atoms with E-state index in [1.807, 2.05) is 182 Å². The fraction of sp³-hybridized carbons (Fsp3) is 0.162. The summed E-state index contributed by atoms with van der Waals surface area (Å²) in [5, 5.41) is 2.06. The molecule has 0 aliphatic carbocycles. The molecule has 124 heavy (non-hydrogen) atoms. The largest absolute Gasteiger partial charge is 0.457 e. The smallest absolute Gasteiger partial charge is 0.338 e. The lowest BCUT2D eigenvalue weighted by Gasteiger charge is -2.45. The summed E-state index contributed by atoms with van der Waals surface area (Å²) >= 11 is 0. The third-order valence-electron chi connectivity index (χ3n) is 24.1. The number of esters is 2. The number of carbonyl (C=O) groups is 2. The van der Waals surface area contributed by atoms with Crippen molar-refractivity contribution >= 4 is 91.0 Å². The lowest BCUT2D eigenvalue weighted by molar-refractivity contribution is 0.0464. The fourth-order valence-electron chi connectivity index (χ4n) is 17.3. The van der Waals surface area contributed by atoms with Crippen LogP contribution in [0.15, 0.2) is 334 Å². The van der Waals surface area contributed by atoms with E-state index in [-0.39, 0.29) is 34.9 Å². The minimum Gasteiger partial charge on any atom is -0.457 e. The van der Waals surface area contributed by atoms with Gasteiger partial charge in [-0.15, -0.1) is 0 Å². The van der Waals surface area contributed by atoms with Crippen molar-refractivity contribution in [1.29, 1.82) is 0 Å². The van der Waals surface area contributed by atoms with Gasteiger partial charge in [0.25, 0.3) is 6.71 Å². The molecule has 12 nitrogen and oxygen atoms in total. The van der Waals surface area contributed by atoms with E-state index in [4.69, 9.17) is 34.4 Å². The van der Waals surface area contributed by atoms with E-state index >= 15 is 9.59 Å². The molecule has 0 saturated heterocycles. The number of nitrogens with zero attached hydrogens (tertiary/aromatic N) is 8. The van der Waals surface area contributed by atoms with Gasteiger partial charge in [0.15, 0.2) is 23.3 Å². The molecule has 5 heterocycles. The normalized spacial score (nSPS) is 12.6. The molecule has 3 aromatic heterocycles. The van der Waals surface area contributed by atoms with E-state index < -0.39 is 18.7 Å². The third kappa shape index (κ3) is 15.3. The monoisotopic (exact) mass is 1610 g/mol. The van der Waals surface area contributed by atoms with Crippen LogP contribution in [0.5, 0.6) is 0 Å². The van der Waals surface area contributed by atoms with Gasteiger partial charge in [0, 0.05) is 78.3 Å². The lowest BCUT2D eigenvalue weighted by Crippen LogP contribution is -2.61. The predicted octanol–water partition coefficient (Wildman–Crippen LogP) is 25.4. The summed E-state index contributed by atoms with van der Waals surface area (Å²) in [6, 6.07) is 116. The van der Waals surface area contributed by atoms with Crippen LogP contribution in [0.4, 0.5) is 34.1 Å². The Hall–Kier alpha value is -14.4. The first-order valence-corrected chi connectivity index (χ1v) is 42.7. The van der Waals surface area contributed by atoms with Gasteiger partial charge in [-0.25, -0.2) is 34.5 Å². The molecule has 14 aromatic carbocycles. The number of anilines is 6. The van der Waals surface area contributed by atoms with Crippen LogP contribution in [0.3, 0.4) is 0 Å². The zero-order chi connectivity index (χ0) is 85.5. The van der Waals surface area contributed by atoms with Gasteiger partial charge in [-0.05, 0) is 186 Å². The lowest BCUT2D eigenvalue weighted by atomic mass is 9.33.